The maximum atomic E-state index is 5.93. The van der Waals surface area contributed by atoms with Gasteiger partial charge in [-0.3, -0.25) is 0 Å². The molecule has 0 radical (unpaired) electrons. The van der Waals surface area contributed by atoms with Gasteiger partial charge in [-0.25, -0.2) is 9.97 Å². The van der Waals surface area contributed by atoms with Crippen LogP contribution in [-0.2, 0) is 0 Å². The molecule has 3 heterocycles. The van der Waals surface area contributed by atoms with Crippen LogP contribution in [0.4, 0.5) is 5.82 Å². The van der Waals surface area contributed by atoms with Crippen LogP contribution in [0.2, 0.25) is 5.28 Å². The number of anilines is 1. The molecule has 0 aromatic carbocycles. The summed E-state index contributed by atoms with van der Waals surface area (Å²) in [4.78, 5) is 13.5. The molecule has 0 amide bonds. The molecule has 3 rings (SSSR count). The van der Waals surface area contributed by atoms with Crippen molar-refractivity contribution in [1.29, 1.82) is 0 Å². The number of hydrogen-bond acceptors (Lipinski definition) is 4. The highest BCUT2D eigenvalue weighted by Crippen LogP contribution is 2.25. The van der Waals surface area contributed by atoms with E-state index in [9.17, 15) is 0 Å². The quantitative estimate of drug-likeness (QED) is 0.785. The van der Waals surface area contributed by atoms with E-state index in [2.05, 4.69) is 26.7 Å². The predicted octanol–water partition coefficient (Wildman–Crippen LogP) is 2.89. The van der Waals surface area contributed by atoms with Gasteiger partial charge >= 0.3 is 0 Å². The Morgan fingerprint density at radius 1 is 1.10 bits per heavy atom. The van der Waals surface area contributed by atoms with Gasteiger partial charge in [-0.2, -0.15) is 0 Å². The van der Waals surface area contributed by atoms with Crippen molar-refractivity contribution in [3.8, 4) is 0 Å². The van der Waals surface area contributed by atoms with E-state index in [0.29, 0.717) is 5.28 Å². The molecule has 20 heavy (non-hydrogen) atoms. The molecule has 4 nitrogen and oxygen atoms in total. The van der Waals surface area contributed by atoms with Crippen LogP contribution in [0.5, 0.6) is 0 Å². The summed E-state index contributed by atoms with van der Waals surface area (Å²) in [6.45, 7) is 6.80. The maximum absolute atomic E-state index is 5.93. The molecule has 2 aliphatic rings. The minimum Gasteiger partial charge on any atom is -0.356 e. The van der Waals surface area contributed by atoms with Crippen molar-refractivity contribution in [1.82, 2.24) is 14.9 Å². The van der Waals surface area contributed by atoms with Gasteiger partial charge in [0, 0.05) is 30.9 Å². The van der Waals surface area contributed by atoms with E-state index >= 15 is 0 Å². The fourth-order valence-corrected chi connectivity index (χ4v) is 3.59. The SMILES string of the molecule is Cc1cnc(Cl)nc1N1CCC(N2CCCCC2)CC1. The standard InChI is InChI=1S/C15H23ClN4/c1-12-11-17-15(16)18-14(12)20-9-5-13(6-10-20)19-7-3-2-4-8-19/h11,13H,2-10H2,1H3. The van der Waals surface area contributed by atoms with E-state index in [1.807, 2.05) is 6.20 Å². The Morgan fingerprint density at radius 2 is 1.80 bits per heavy atom. The number of rotatable bonds is 2. The zero-order chi connectivity index (χ0) is 13.9. The molecule has 0 N–H and O–H groups in total. The summed E-state index contributed by atoms with van der Waals surface area (Å²) in [5, 5.41) is 0.351. The highest BCUT2D eigenvalue weighted by molar-refractivity contribution is 6.28. The van der Waals surface area contributed by atoms with Gasteiger partial charge in [-0.1, -0.05) is 6.42 Å². The number of halogens is 1. The molecular formula is C15H23ClN4. The van der Waals surface area contributed by atoms with Crippen LogP contribution in [0.15, 0.2) is 6.20 Å². The van der Waals surface area contributed by atoms with Gasteiger partial charge in [-0.05, 0) is 57.3 Å². The fraction of sp³-hybridized carbons (Fsp3) is 0.733. The molecule has 2 saturated heterocycles. The lowest BCUT2D eigenvalue weighted by Crippen LogP contribution is -2.47. The Kier molecular flexibility index (Phi) is 4.41. The summed E-state index contributed by atoms with van der Waals surface area (Å²) < 4.78 is 0. The minimum absolute atomic E-state index is 0.351. The molecule has 5 heteroatoms. The molecule has 0 atom stereocenters. The van der Waals surface area contributed by atoms with Crippen molar-refractivity contribution in [2.24, 2.45) is 0 Å². The average molecular weight is 295 g/mol. The minimum atomic E-state index is 0.351. The predicted molar refractivity (Wildman–Crippen MR) is 82.4 cm³/mol. The maximum Gasteiger partial charge on any atom is 0.224 e. The summed E-state index contributed by atoms with van der Waals surface area (Å²) >= 11 is 5.93. The summed E-state index contributed by atoms with van der Waals surface area (Å²) in [5.41, 5.74) is 1.12. The first kappa shape index (κ1) is 14.1. The van der Waals surface area contributed by atoms with Crippen LogP contribution in [0.1, 0.15) is 37.7 Å². The van der Waals surface area contributed by atoms with E-state index in [1.165, 1.54) is 45.2 Å². The van der Waals surface area contributed by atoms with Gasteiger partial charge in [0.05, 0.1) is 0 Å². The summed E-state index contributed by atoms with van der Waals surface area (Å²) in [5.74, 6) is 1.02. The van der Waals surface area contributed by atoms with Crippen molar-refractivity contribution < 1.29 is 0 Å². The van der Waals surface area contributed by atoms with Crippen LogP contribution in [0.25, 0.3) is 0 Å². The van der Waals surface area contributed by atoms with Gasteiger partial charge in [0.2, 0.25) is 5.28 Å². The van der Waals surface area contributed by atoms with Crippen molar-refractivity contribution in [2.45, 2.75) is 45.1 Å². The third-order valence-electron chi connectivity index (χ3n) is 4.59. The molecule has 2 fully saturated rings. The summed E-state index contributed by atoms with van der Waals surface area (Å²) in [7, 11) is 0. The van der Waals surface area contributed by atoms with Gasteiger partial charge in [0.25, 0.3) is 0 Å². The van der Waals surface area contributed by atoms with Gasteiger partial charge < -0.3 is 9.80 Å². The van der Waals surface area contributed by atoms with E-state index in [4.69, 9.17) is 11.6 Å². The van der Waals surface area contributed by atoms with E-state index in [0.717, 1.165) is 30.5 Å². The monoisotopic (exact) mass is 294 g/mol. The van der Waals surface area contributed by atoms with Crippen LogP contribution in [-0.4, -0.2) is 47.1 Å². The molecule has 110 valence electrons. The number of nitrogens with zero attached hydrogens (tertiary/aromatic N) is 4. The highest BCUT2D eigenvalue weighted by atomic mass is 35.5. The average Bonchev–Trinajstić information content (AvgIpc) is 2.51. The second-order valence-corrected chi connectivity index (χ2v) is 6.30. The Morgan fingerprint density at radius 3 is 2.50 bits per heavy atom. The Balaban J connectivity index is 1.61. The van der Waals surface area contributed by atoms with E-state index in [-0.39, 0.29) is 0 Å². The zero-order valence-corrected chi connectivity index (χ0v) is 12.9. The van der Waals surface area contributed by atoms with Gasteiger partial charge in [0.15, 0.2) is 0 Å². The summed E-state index contributed by atoms with van der Waals surface area (Å²) in [6, 6.07) is 0.768. The molecule has 0 bridgehead atoms. The first-order valence-corrected chi connectivity index (χ1v) is 8.10. The lowest BCUT2D eigenvalue weighted by Gasteiger charge is -2.40. The van der Waals surface area contributed by atoms with Crippen LogP contribution < -0.4 is 4.90 Å². The van der Waals surface area contributed by atoms with E-state index < -0.39 is 0 Å². The van der Waals surface area contributed by atoms with Crippen LogP contribution in [0, 0.1) is 6.92 Å². The van der Waals surface area contributed by atoms with Gasteiger partial charge in [-0.15, -0.1) is 0 Å². The second kappa shape index (κ2) is 6.27. The third kappa shape index (κ3) is 3.07. The van der Waals surface area contributed by atoms with Gasteiger partial charge in [0.1, 0.15) is 5.82 Å². The number of likely N-dealkylation sites (tertiary alicyclic amines) is 1. The fourth-order valence-electron chi connectivity index (χ4n) is 3.46. The Hall–Kier alpha value is -0.870. The Labute approximate surface area is 126 Å². The second-order valence-electron chi connectivity index (χ2n) is 5.96. The lowest BCUT2D eigenvalue weighted by molar-refractivity contribution is 0.141. The van der Waals surface area contributed by atoms with Crippen LogP contribution in [0.3, 0.4) is 0 Å². The molecule has 1 aromatic rings. The first-order chi connectivity index (χ1) is 9.74. The molecule has 0 spiro atoms. The first-order valence-electron chi connectivity index (χ1n) is 7.72. The van der Waals surface area contributed by atoms with Crippen molar-refractivity contribution in [3.63, 3.8) is 0 Å². The normalized spacial score (nSPS) is 22.2. The molecule has 1 aromatic heterocycles. The van der Waals surface area contributed by atoms with Crippen molar-refractivity contribution >= 4 is 17.4 Å². The molecule has 0 aliphatic carbocycles. The number of aryl methyl sites for hydroxylation is 1. The van der Waals surface area contributed by atoms with E-state index in [1.54, 1.807) is 0 Å². The van der Waals surface area contributed by atoms with Crippen molar-refractivity contribution in [2.75, 3.05) is 31.1 Å². The summed E-state index contributed by atoms with van der Waals surface area (Å²) in [6.07, 6.45) is 8.46. The smallest absolute Gasteiger partial charge is 0.224 e. The zero-order valence-electron chi connectivity index (χ0n) is 12.2. The molecule has 0 saturated carbocycles. The lowest BCUT2D eigenvalue weighted by atomic mass is 10.00. The van der Waals surface area contributed by atoms with Crippen LogP contribution >= 0.6 is 11.6 Å². The molecule has 0 unspecified atom stereocenters. The topological polar surface area (TPSA) is 32.3 Å². The molecular weight excluding hydrogens is 272 g/mol. The number of piperidine rings is 2. The highest BCUT2D eigenvalue weighted by Gasteiger charge is 2.26. The van der Waals surface area contributed by atoms with Crippen molar-refractivity contribution in [3.05, 3.63) is 17.0 Å². The molecule has 2 aliphatic heterocycles. The number of hydrogen-bond donors (Lipinski definition) is 0. The largest absolute Gasteiger partial charge is 0.356 e. The third-order valence-corrected chi connectivity index (χ3v) is 4.77. The number of aromatic nitrogens is 2. The Bertz CT molecular complexity index is 451.